The lowest BCUT2D eigenvalue weighted by Gasteiger charge is -2.05. The van der Waals surface area contributed by atoms with E-state index < -0.39 is 0 Å². The molecule has 1 aromatic heterocycles. The number of thiophene rings is 1. The monoisotopic (exact) mass is 317 g/mol. The van der Waals surface area contributed by atoms with Crippen LogP contribution in [0.3, 0.4) is 0 Å². The molecule has 2 aromatic rings. The van der Waals surface area contributed by atoms with Crippen LogP contribution in [-0.4, -0.2) is 12.6 Å². The molecule has 0 atom stereocenters. The summed E-state index contributed by atoms with van der Waals surface area (Å²) in [5.74, 6) is 0. The first-order chi connectivity index (χ1) is 10.2. The maximum absolute atomic E-state index is 5.94. The molecule has 0 spiro atoms. The Balaban J connectivity index is 1.71. The van der Waals surface area contributed by atoms with Gasteiger partial charge in [0.05, 0.1) is 0 Å². The lowest BCUT2D eigenvalue weighted by Crippen LogP contribution is -2.18. The second kappa shape index (κ2) is 6.78. The Labute approximate surface area is 135 Å². The van der Waals surface area contributed by atoms with Gasteiger partial charge < -0.3 is 5.32 Å². The van der Waals surface area contributed by atoms with Crippen molar-refractivity contribution in [2.45, 2.75) is 32.2 Å². The van der Waals surface area contributed by atoms with Crippen molar-refractivity contribution in [2.75, 3.05) is 6.54 Å². The quantitative estimate of drug-likeness (QED) is 0.729. The summed E-state index contributed by atoms with van der Waals surface area (Å²) in [4.78, 5) is 2.62. The minimum Gasteiger partial charge on any atom is -0.310 e. The SMILES string of the molecule is CCC(=Cc1ccc(-c2ccc(Cl)cc2)s1)CNC1CC1. The molecule has 0 aliphatic heterocycles. The Morgan fingerprint density at radius 3 is 2.67 bits per heavy atom. The molecular formula is C18H20ClNS. The molecule has 1 N–H and O–H groups in total. The Morgan fingerprint density at radius 2 is 2.00 bits per heavy atom. The van der Waals surface area contributed by atoms with Gasteiger partial charge >= 0.3 is 0 Å². The van der Waals surface area contributed by atoms with E-state index in [-0.39, 0.29) is 0 Å². The van der Waals surface area contributed by atoms with Crippen molar-refractivity contribution in [3.8, 4) is 10.4 Å². The fourth-order valence-corrected chi connectivity index (χ4v) is 3.37. The lowest BCUT2D eigenvalue weighted by molar-refractivity contribution is 0.723. The normalized spacial score (nSPS) is 15.4. The Bertz CT molecular complexity index is 623. The summed E-state index contributed by atoms with van der Waals surface area (Å²) in [6.07, 6.45) is 6.13. The molecule has 21 heavy (non-hydrogen) atoms. The van der Waals surface area contributed by atoms with Crippen LogP contribution in [0, 0.1) is 0 Å². The maximum Gasteiger partial charge on any atom is 0.0406 e. The minimum atomic E-state index is 0.771. The van der Waals surface area contributed by atoms with Crippen molar-refractivity contribution in [3.05, 3.63) is 51.9 Å². The van der Waals surface area contributed by atoms with Crippen molar-refractivity contribution in [1.29, 1.82) is 0 Å². The average Bonchev–Trinajstić information content (AvgIpc) is 3.22. The predicted molar refractivity (Wildman–Crippen MR) is 94.1 cm³/mol. The summed E-state index contributed by atoms with van der Waals surface area (Å²) >= 11 is 7.78. The van der Waals surface area contributed by atoms with Crippen molar-refractivity contribution in [1.82, 2.24) is 5.32 Å². The first-order valence-corrected chi connectivity index (χ1v) is 8.72. The third-order valence-corrected chi connectivity index (χ3v) is 5.08. The molecule has 0 amide bonds. The first kappa shape index (κ1) is 14.8. The molecule has 1 aromatic carbocycles. The van der Waals surface area contributed by atoms with Gasteiger partial charge in [0.25, 0.3) is 0 Å². The summed E-state index contributed by atoms with van der Waals surface area (Å²) < 4.78 is 0. The Kier molecular flexibility index (Phi) is 4.79. The van der Waals surface area contributed by atoms with Crippen LogP contribution in [-0.2, 0) is 0 Å². The molecular weight excluding hydrogens is 298 g/mol. The summed E-state index contributed by atoms with van der Waals surface area (Å²) in [7, 11) is 0. The van der Waals surface area contributed by atoms with E-state index in [4.69, 9.17) is 11.6 Å². The van der Waals surface area contributed by atoms with E-state index in [1.165, 1.54) is 33.7 Å². The van der Waals surface area contributed by atoms with Gasteiger partial charge in [-0.25, -0.2) is 0 Å². The minimum absolute atomic E-state index is 0.771. The number of rotatable bonds is 6. The van der Waals surface area contributed by atoms with Gasteiger partial charge in [-0.1, -0.05) is 36.2 Å². The van der Waals surface area contributed by atoms with E-state index in [0.717, 1.165) is 24.0 Å². The van der Waals surface area contributed by atoms with E-state index >= 15 is 0 Å². The third-order valence-electron chi connectivity index (χ3n) is 3.75. The number of hydrogen-bond acceptors (Lipinski definition) is 2. The maximum atomic E-state index is 5.94. The van der Waals surface area contributed by atoms with Crippen LogP contribution in [0.2, 0.25) is 5.02 Å². The highest BCUT2D eigenvalue weighted by atomic mass is 35.5. The second-order valence-electron chi connectivity index (χ2n) is 5.52. The molecule has 0 bridgehead atoms. The number of halogens is 1. The fourth-order valence-electron chi connectivity index (χ4n) is 2.24. The summed E-state index contributed by atoms with van der Waals surface area (Å²) in [6.45, 7) is 3.25. The zero-order valence-corrected chi connectivity index (χ0v) is 13.8. The highest BCUT2D eigenvalue weighted by molar-refractivity contribution is 7.16. The van der Waals surface area contributed by atoms with E-state index in [0.29, 0.717) is 0 Å². The Hall–Kier alpha value is -1.09. The second-order valence-corrected chi connectivity index (χ2v) is 7.07. The molecule has 1 aliphatic carbocycles. The molecule has 1 aliphatic rings. The van der Waals surface area contributed by atoms with Crippen LogP contribution in [0.5, 0.6) is 0 Å². The summed E-state index contributed by atoms with van der Waals surface area (Å²) in [6, 6.07) is 13.2. The highest BCUT2D eigenvalue weighted by Crippen LogP contribution is 2.30. The van der Waals surface area contributed by atoms with Crippen molar-refractivity contribution >= 4 is 29.0 Å². The van der Waals surface area contributed by atoms with E-state index in [1.54, 1.807) is 0 Å². The van der Waals surface area contributed by atoms with E-state index in [1.807, 2.05) is 23.5 Å². The van der Waals surface area contributed by atoms with Crippen molar-refractivity contribution < 1.29 is 0 Å². The lowest BCUT2D eigenvalue weighted by atomic mass is 10.1. The van der Waals surface area contributed by atoms with Gasteiger partial charge in [-0.2, -0.15) is 0 Å². The molecule has 0 saturated heterocycles. The molecule has 3 heteroatoms. The fraction of sp³-hybridized carbons (Fsp3) is 0.333. The third kappa shape index (κ3) is 4.19. The van der Waals surface area contributed by atoms with Crippen molar-refractivity contribution in [3.63, 3.8) is 0 Å². The van der Waals surface area contributed by atoms with Gasteiger partial charge in [0.1, 0.15) is 0 Å². The van der Waals surface area contributed by atoms with E-state index in [2.05, 4.69) is 42.6 Å². The van der Waals surface area contributed by atoms with Gasteiger partial charge in [0, 0.05) is 27.4 Å². The van der Waals surface area contributed by atoms with Crippen LogP contribution in [0.15, 0.2) is 42.0 Å². The molecule has 1 fully saturated rings. The van der Waals surface area contributed by atoms with Gasteiger partial charge in [-0.15, -0.1) is 11.3 Å². The zero-order chi connectivity index (χ0) is 14.7. The van der Waals surface area contributed by atoms with Crippen LogP contribution >= 0.6 is 22.9 Å². The first-order valence-electron chi connectivity index (χ1n) is 7.53. The van der Waals surface area contributed by atoms with Gasteiger partial charge in [0.15, 0.2) is 0 Å². The smallest absolute Gasteiger partial charge is 0.0406 e. The largest absolute Gasteiger partial charge is 0.310 e. The van der Waals surface area contributed by atoms with Crippen LogP contribution in [0.1, 0.15) is 31.1 Å². The molecule has 0 unspecified atom stereocenters. The molecule has 110 valence electrons. The molecule has 1 saturated carbocycles. The van der Waals surface area contributed by atoms with E-state index in [9.17, 15) is 0 Å². The Morgan fingerprint density at radius 1 is 1.24 bits per heavy atom. The summed E-state index contributed by atoms with van der Waals surface area (Å²) in [5, 5.41) is 4.38. The van der Waals surface area contributed by atoms with Crippen molar-refractivity contribution in [2.24, 2.45) is 0 Å². The number of nitrogens with one attached hydrogen (secondary N) is 1. The number of hydrogen-bond donors (Lipinski definition) is 1. The number of benzene rings is 1. The molecule has 1 heterocycles. The summed E-state index contributed by atoms with van der Waals surface area (Å²) in [5.41, 5.74) is 2.71. The average molecular weight is 318 g/mol. The standard InChI is InChI=1S/C18H20ClNS/c1-2-13(12-20-16-7-8-16)11-17-9-10-18(21-17)14-3-5-15(19)6-4-14/h3-6,9-11,16,20H,2,7-8,12H2,1H3. The van der Waals surface area contributed by atoms with Crippen LogP contribution < -0.4 is 5.32 Å². The van der Waals surface area contributed by atoms with Crippen LogP contribution in [0.25, 0.3) is 16.5 Å². The molecule has 1 nitrogen and oxygen atoms in total. The van der Waals surface area contributed by atoms with Gasteiger partial charge in [-0.3, -0.25) is 0 Å². The highest BCUT2D eigenvalue weighted by Gasteiger charge is 2.20. The van der Waals surface area contributed by atoms with Gasteiger partial charge in [-0.05, 0) is 55.2 Å². The molecule has 3 rings (SSSR count). The predicted octanol–water partition coefficient (Wildman–Crippen LogP) is 5.61. The molecule has 0 radical (unpaired) electrons. The zero-order valence-electron chi connectivity index (χ0n) is 12.2. The van der Waals surface area contributed by atoms with Gasteiger partial charge in [0.2, 0.25) is 0 Å². The van der Waals surface area contributed by atoms with Crippen LogP contribution in [0.4, 0.5) is 0 Å². The topological polar surface area (TPSA) is 12.0 Å².